The number of carboxylic acids is 1. The first kappa shape index (κ1) is 15.0. The third-order valence-electron chi connectivity index (χ3n) is 3.35. The summed E-state index contributed by atoms with van der Waals surface area (Å²) in [5.74, 6) is -1.11. The van der Waals surface area contributed by atoms with Crippen LogP contribution in [0, 0.1) is 0 Å². The first-order valence-electron chi connectivity index (χ1n) is 7.14. The molecule has 0 aliphatic rings. The van der Waals surface area contributed by atoms with Crippen LogP contribution in [0.5, 0.6) is 0 Å². The number of pyridine rings is 1. The van der Waals surface area contributed by atoms with Gasteiger partial charge in [0.15, 0.2) is 0 Å². The number of ether oxygens (including phenoxy) is 1. The minimum atomic E-state index is -1.11. The topological polar surface area (TPSA) is 81.4 Å². The molecule has 0 spiro atoms. The average molecular weight is 312 g/mol. The molecular formula is C17H16N2O4. The molecule has 3 rings (SSSR count). The van der Waals surface area contributed by atoms with Crippen molar-refractivity contribution >= 4 is 33.9 Å². The Morgan fingerprint density at radius 1 is 1.13 bits per heavy atom. The fraction of sp³-hybridized carbons (Fsp3) is 0.235. The van der Waals surface area contributed by atoms with Crippen LogP contribution in [0.2, 0.25) is 0 Å². The molecular weight excluding hydrogens is 296 g/mol. The van der Waals surface area contributed by atoms with E-state index in [9.17, 15) is 9.59 Å². The van der Waals surface area contributed by atoms with E-state index < -0.39 is 17.7 Å². The highest BCUT2D eigenvalue weighted by atomic mass is 16.6. The molecule has 0 unspecified atom stereocenters. The zero-order valence-corrected chi connectivity index (χ0v) is 13.0. The Morgan fingerprint density at radius 2 is 1.83 bits per heavy atom. The number of carbonyl (C=O) groups excluding carboxylic acids is 1. The molecule has 23 heavy (non-hydrogen) atoms. The van der Waals surface area contributed by atoms with Crippen LogP contribution >= 0.6 is 0 Å². The number of hydrogen-bond acceptors (Lipinski definition) is 4. The Balaban J connectivity index is 2.31. The lowest BCUT2D eigenvalue weighted by Gasteiger charge is -2.20. The van der Waals surface area contributed by atoms with Gasteiger partial charge in [0.1, 0.15) is 11.3 Å². The zero-order chi connectivity index (χ0) is 16.8. The van der Waals surface area contributed by atoms with Gasteiger partial charge in [-0.05, 0) is 32.9 Å². The lowest BCUT2D eigenvalue weighted by atomic mass is 10.1. The van der Waals surface area contributed by atoms with Gasteiger partial charge in [0.2, 0.25) is 0 Å². The molecule has 1 aromatic carbocycles. The maximum absolute atomic E-state index is 12.6. The normalized spacial score (nSPS) is 11.8. The van der Waals surface area contributed by atoms with E-state index in [1.807, 2.05) is 18.2 Å². The molecule has 1 N–H and O–H groups in total. The molecule has 0 atom stereocenters. The lowest BCUT2D eigenvalue weighted by molar-refractivity contribution is 0.0551. The van der Waals surface area contributed by atoms with E-state index in [4.69, 9.17) is 9.84 Å². The minimum absolute atomic E-state index is 0.0652. The summed E-state index contributed by atoms with van der Waals surface area (Å²) in [5.41, 5.74) is 0.472. The summed E-state index contributed by atoms with van der Waals surface area (Å²) in [7, 11) is 0. The number of aromatic nitrogens is 2. The van der Waals surface area contributed by atoms with Crippen LogP contribution in [0.15, 0.2) is 36.5 Å². The van der Waals surface area contributed by atoms with Gasteiger partial charge in [-0.2, -0.15) is 0 Å². The van der Waals surface area contributed by atoms with Gasteiger partial charge in [-0.1, -0.05) is 18.2 Å². The van der Waals surface area contributed by atoms with E-state index in [0.717, 1.165) is 5.39 Å². The van der Waals surface area contributed by atoms with Crippen LogP contribution in [0.4, 0.5) is 4.79 Å². The monoisotopic (exact) mass is 312 g/mol. The largest absolute Gasteiger partial charge is 0.477 e. The Bertz CT molecular complexity index is 935. The van der Waals surface area contributed by atoms with Crippen molar-refractivity contribution in [1.82, 2.24) is 9.55 Å². The molecule has 3 aromatic rings. The Morgan fingerprint density at radius 3 is 2.48 bits per heavy atom. The number of para-hydroxylation sites is 1. The van der Waals surface area contributed by atoms with Crippen LogP contribution in [0.3, 0.4) is 0 Å². The van der Waals surface area contributed by atoms with Gasteiger partial charge < -0.3 is 9.84 Å². The fourth-order valence-corrected chi connectivity index (χ4v) is 2.49. The van der Waals surface area contributed by atoms with Crippen molar-refractivity contribution in [3.63, 3.8) is 0 Å². The second kappa shape index (κ2) is 5.08. The van der Waals surface area contributed by atoms with E-state index >= 15 is 0 Å². The minimum Gasteiger partial charge on any atom is -0.477 e. The number of hydrogen-bond donors (Lipinski definition) is 1. The van der Waals surface area contributed by atoms with Gasteiger partial charge in [0, 0.05) is 10.8 Å². The van der Waals surface area contributed by atoms with E-state index in [1.165, 1.54) is 16.8 Å². The second-order valence-electron chi connectivity index (χ2n) is 6.22. The third kappa shape index (κ3) is 2.63. The van der Waals surface area contributed by atoms with E-state index in [-0.39, 0.29) is 5.69 Å². The van der Waals surface area contributed by atoms with Gasteiger partial charge in [-0.3, -0.25) is 0 Å². The van der Waals surface area contributed by atoms with E-state index in [1.54, 1.807) is 26.8 Å². The molecule has 0 aliphatic carbocycles. The van der Waals surface area contributed by atoms with Gasteiger partial charge >= 0.3 is 12.1 Å². The first-order valence-corrected chi connectivity index (χ1v) is 7.14. The van der Waals surface area contributed by atoms with Gasteiger partial charge in [0.25, 0.3) is 0 Å². The van der Waals surface area contributed by atoms with Crippen molar-refractivity contribution in [2.24, 2.45) is 0 Å². The maximum Gasteiger partial charge on any atom is 0.419 e. The smallest absolute Gasteiger partial charge is 0.419 e. The molecule has 0 radical (unpaired) electrons. The van der Waals surface area contributed by atoms with Crippen molar-refractivity contribution in [1.29, 1.82) is 0 Å². The molecule has 2 aromatic heterocycles. The van der Waals surface area contributed by atoms with Crippen molar-refractivity contribution < 1.29 is 19.4 Å². The summed E-state index contributed by atoms with van der Waals surface area (Å²) in [6.07, 6.45) is 0.872. The number of carboxylic acid groups (broad SMARTS) is 1. The number of nitrogens with zero attached hydrogens (tertiary/aromatic N) is 2. The molecule has 2 heterocycles. The summed E-state index contributed by atoms with van der Waals surface area (Å²) >= 11 is 0. The van der Waals surface area contributed by atoms with Gasteiger partial charge in [0.05, 0.1) is 17.2 Å². The highest BCUT2D eigenvalue weighted by molar-refractivity contribution is 6.13. The number of rotatable bonds is 1. The lowest BCUT2D eigenvalue weighted by Crippen LogP contribution is -2.27. The highest BCUT2D eigenvalue weighted by Gasteiger charge is 2.23. The van der Waals surface area contributed by atoms with Crippen LogP contribution in [-0.2, 0) is 4.74 Å². The molecule has 6 heteroatoms. The molecule has 0 fully saturated rings. The SMILES string of the molecule is CC(C)(C)OC(=O)n1c2ccccc2c2cc(C(=O)O)ncc21. The van der Waals surface area contributed by atoms with Crippen LogP contribution < -0.4 is 0 Å². The number of carbonyl (C=O) groups is 2. The van der Waals surface area contributed by atoms with Crippen LogP contribution in [0.1, 0.15) is 31.3 Å². The number of fused-ring (bicyclic) bond motifs is 3. The quantitative estimate of drug-likeness (QED) is 0.741. The van der Waals surface area contributed by atoms with Crippen molar-refractivity contribution in [3.05, 3.63) is 42.2 Å². The molecule has 0 saturated carbocycles. The maximum atomic E-state index is 12.6. The van der Waals surface area contributed by atoms with Crippen LogP contribution in [0.25, 0.3) is 21.8 Å². The standard InChI is InChI=1S/C17H16N2O4/c1-17(2,3)23-16(22)19-13-7-5-4-6-10(13)11-8-12(15(20)21)18-9-14(11)19/h4-9H,1-3H3,(H,20,21). The fourth-order valence-electron chi connectivity index (χ4n) is 2.49. The molecule has 0 amide bonds. The number of aromatic carboxylic acids is 1. The average Bonchev–Trinajstić information content (AvgIpc) is 2.79. The predicted octanol–water partition coefficient (Wildman–Crippen LogP) is 3.67. The highest BCUT2D eigenvalue weighted by Crippen LogP contribution is 2.29. The molecule has 0 bridgehead atoms. The van der Waals surface area contributed by atoms with Crippen molar-refractivity contribution in [2.75, 3.05) is 0 Å². The summed E-state index contributed by atoms with van der Waals surface area (Å²) in [5, 5.41) is 10.6. The first-order chi connectivity index (χ1) is 10.8. The Hall–Kier alpha value is -2.89. The summed E-state index contributed by atoms with van der Waals surface area (Å²) < 4.78 is 6.88. The molecule has 0 aliphatic heterocycles. The van der Waals surface area contributed by atoms with E-state index in [2.05, 4.69) is 4.98 Å². The Kier molecular flexibility index (Phi) is 3.32. The molecule has 0 saturated heterocycles. The Labute approximate surface area is 132 Å². The summed E-state index contributed by atoms with van der Waals surface area (Å²) in [6, 6.07) is 8.75. The second-order valence-corrected chi connectivity index (χ2v) is 6.22. The van der Waals surface area contributed by atoms with Crippen LogP contribution in [-0.4, -0.2) is 32.3 Å². The third-order valence-corrected chi connectivity index (χ3v) is 3.35. The molecule has 6 nitrogen and oxygen atoms in total. The summed E-state index contributed by atoms with van der Waals surface area (Å²) in [4.78, 5) is 27.6. The molecule has 118 valence electrons. The predicted molar refractivity (Wildman–Crippen MR) is 85.8 cm³/mol. The zero-order valence-electron chi connectivity index (χ0n) is 13.0. The van der Waals surface area contributed by atoms with Crippen molar-refractivity contribution in [2.45, 2.75) is 26.4 Å². The van der Waals surface area contributed by atoms with E-state index in [0.29, 0.717) is 16.4 Å². The summed E-state index contributed by atoms with van der Waals surface area (Å²) in [6.45, 7) is 5.37. The van der Waals surface area contributed by atoms with Crippen molar-refractivity contribution in [3.8, 4) is 0 Å². The van der Waals surface area contributed by atoms with Gasteiger partial charge in [-0.25, -0.2) is 19.1 Å². The van der Waals surface area contributed by atoms with Gasteiger partial charge in [-0.15, -0.1) is 0 Å². The number of benzene rings is 1.